The Morgan fingerprint density at radius 2 is 1.74 bits per heavy atom. The first-order chi connectivity index (χ1) is 18.9. The lowest BCUT2D eigenvalue weighted by molar-refractivity contribution is -0.113. The molecule has 3 amide bonds. The van der Waals surface area contributed by atoms with Gasteiger partial charge in [0, 0.05) is 28.7 Å². The molecular weight excluding hydrogens is 534 g/mol. The average Bonchev–Trinajstić information content (AvgIpc) is 2.92. The number of thioether (sulfide) groups is 1. The Morgan fingerprint density at radius 1 is 1.00 bits per heavy atom. The summed E-state index contributed by atoms with van der Waals surface area (Å²) < 4.78 is 5.43. The van der Waals surface area contributed by atoms with Crippen LogP contribution in [-0.4, -0.2) is 41.4 Å². The van der Waals surface area contributed by atoms with Gasteiger partial charge in [0.1, 0.15) is 5.75 Å². The van der Waals surface area contributed by atoms with E-state index in [0.29, 0.717) is 39.1 Å². The fraction of sp³-hybridized carbons (Fsp3) is 0.207. The zero-order valence-electron chi connectivity index (χ0n) is 21.5. The number of fused-ring (bicyclic) bond motifs is 1. The molecule has 1 fully saturated rings. The topological polar surface area (TPSA) is 95.1 Å². The Hall–Kier alpha value is -3.95. The summed E-state index contributed by atoms with van der Waals surface area (Å²) >= 11 is 7.73. The van der Waals surface area contributed by atoms with E-state index in [0.717, 1.165) is 29.4 Å². The van der Waals surface area contributed by atoms with Gasteiger partial charge in [-0.15, -0.1) is 0 Å². The summed E-state index contributed by atoms with van der Waals surface area (Å²) in [7, 11) is 1.57. The number of rotatable bonds is 6. The van der Waals surface area contributed by atoms with Crippen LogP contribution in [0.3, 0.4) is 0 Å². The van der Waals surface area contributed by atoms with Gasteiger partial charge in [0.2, 0.25) is 0 Å². The van der Waals surface area contributed by atoms with Crippen molar-refractivity contribution in [3.05, 3.63) is 94.7 Å². The van der Waals surface area contributed by atoms with E-state index in [1.54, 1.807) is 55.3 Å². The number of aliphatic imine (C=N–C) groups is 1. The first kappa shape index (κ1) is 26.6. The summed E-state index contributed by atoms with van der Waals surface area (Å²) in [6.07, 6.45) is 0.973. The molecule has 1 unspecified atom stereocenters. The second-order valence-electron chi connectivity index (χ2n) is 9.06. The highest BCUT2D eigenvalue weighted by Crippen LogP contribution is 2.40. The lowest BCUT2D eigenvalue weighted by atomic mass is 9.93. The van der Waals surface area contributed by atoms with Gasteiger partial charge in [-0.25, -0.2) is 9.79 Å². The number of ether oxygens (including phenoxy) is 1. The number of carbonyl (C=O) groups is 2. The van der Waals surface area contributed by atoms with E-state index in [2.05, 4.69) is 20.9 Å². The van der Waals surface area contributed by atoms with Crippen LogP contribution in [-0.2, 0) is 4.79 Å². The Morgan fingerprint density at radius 3 is 2.51 bits per heavy atom. The van der Waals surface area contributed by atoms with Crippen LogP contribution in [0.15, 0.2) is 89.1 Å². The highest BCUT2D eigenvalue weighted by molar-refractivity contribution is 8.13. The van der Waals surface area contributed by atoms with E-state index in [1.807, 2.05) is 43.3 Å². The smallest absolute Gasteiger partial charge is 0.323 e. The van der Waals surface area contributed by atoms with Crippen LogP contribution in [0.2, 0.25) is 5.02 Å². The van der Waals surface area contributed by atoms with Crippen molar-refractivity contribution in [2.75, 3.05) is 35.4 Å². The van der Waals surface area contributed by atoms with Crippen LogP contribution in [0.1, 0.15) is 24.9 Å². The van der Waals surface area contributed by atoms with Gasteiger partial charge in [-0.05, 0) is 61.4 Å². The largest absolute Gasteiger partial charge is 0.495 e. The van der Waals surface area contributed by atoms with Gasteiger partial charge >= 0.3 is 6.03 Å². The molecule has 10 heteroatoms. The lowest BCUT2D eigenvalue weighted by Gasteiger charge is -2.41. The van der Waals surface area contributed by atoms with Crippen LogP contribution in [0, 0.1) is 0 Å². The molecule has 3 aromatic carbocycles. The summed E-state index contributed by atoms with van der Waals surface area (Å²) in [5, 5.41) is 10.1. The minimum atomic E-state index is -0.394. The fourth-order valence-corrected chi connectivity index (χ4v) is 5.90. The molecule has 8 nitrogen and oxygen atoms in total. The summed E-state index contributed by atoms with van der Waals surface area (Å²) in [6, 6.07) is 21.0. The number of benzene rings is 3. The maximum atomic E-state index is 13.8. The van der Waals surface area contributed by atoms with Gasteiger partial charge in [-0.1, -0.05) is 53.7 Å². The molecule has 0 saturated carbocycles. The number of hydrogen-bond acceptors (Lipinski definition) is 6. The average molecular weight is 562 g/mol. The van der Waals surface area contributed by atoms with E-state index < -0.39 is 6.03 Å². The molecule has 0 radical (unpaired) electrons. The Kier molecular flexibility index (Phi) is 8.09. The van der Waals surface area contributed by atoms with Crippen molar-refractivity contribution in [3.63, 3.8) is 0 Å². The molecule has 3 aromatic rings. The monoisotopic (exact) mass is 561 g/mol. The van der Waals surface area contributed by atoms with Crippen molar-refractivity contribution >= 4 is 57.5 Å². The fourth-order valence-electron chi connectivity index (χ4n) is 4.69. The number of nitrogens with zero attached hydrogens (tertiary/aromatic N) is 2. The zero-order chi connectivity index (χ0) is 27.4. The van der Waals surface area contributed by atoms with Gasteiger partial charge in [0.05, 0.1) is 30.1 Å². The summed E-state index contributed by atoms with van der Waals surface area (Å²) in [5.41, 5.74) is 3.85. The number of carbonyl (C=O) groups excluding carboxylic acids is 2. The number of urea groups is 1. The Labute approximate surface area is 236 Å². The Bertz CT molecular complexity index is 1470. The van der Waals surface area contributed by atoms with Crippen molar-refractivity contribution in [1.29, 1.82) is 0 Å². The molecule has 0 aliphatic carbocycles. The summed E-state index contributed by atoms with van der Waals surface area (Å²) in [4.78, 5) is 33.5. The van der Waals surface area contributed by atoms with Crippen molar-refractivity contribution in [3.8, 4) is 5.75 Å². The second kappa shape index (κ2) is 11.8. The van der Waals surface area contributed by atoms with Crippen LogP contribution in [0.5, 0.6) is 5.75 Å². The van der Waals surface area contributed by atoms with E-state index in [4.69, 9.17) is 21.3 Å². The number of halogens is 1. The maximum absolute atomic E-state index is 13.8. The van der Waals surface area contributed by atoms with Crippen molar-refractivity contribution < 1.29 is 14.3 Å². The van der Waals surface area contributed by atoms with Crippen LogP contribution in [0.25, 0.3) is 0 Å². The van der Waals surface area contributed by atoms with E-state index in [-0.39, 0.29) is 11.9 Å². The number of amidine groups is 1. The molecule has 5 rings (SSSR count). The number of nitrogens with one attached hydrogen (secondary N) is 3. The summed E-state index contributed by atoms with van der Waals surface area (Å²) in [6.45, 7) is 2.63. The second-order valence-corrected chi connectivity index (χ2v) is 10.6. The van der Waals surface area contributed by atoms with Gasteiger partial charge in [-0.3, -0.25) is 4.79 Å². The first-order valence-electron chi connectivity index (χ1n) is 12.5. The van der Waals surface area contributed by atoms with Gasteiger partial charge in [0.15, 0.2) is 5.17 Å². The molecule has 0 spiro atoms. The van der Waals surface area contributed by atoms with E-state index in [9.17, 15) is 9.59 Å². The lowest BCUT2D eigenvalue weighted by Crippen LogP contribution is -2.43. The van der Waals surface area contributed by atoms with Gasteiger partial charge < -0.3 is 25.6 Å². The number of methoxy groups -OCH3 is 1. The van der Waals surface area contributed by atoms with Crippen molar-refractivity contribution in [2.45, 2.75) is 19.4 Å². The number of anilines is 3. The highest BCUT2D eigenvalue weighted by Gasteiger charge is 2.37. The number of allylic oxidation sites excluding steroid dienone is 1. The van der Waals surface area contributed by atoms with Gasteiger partial charge in [0.25, 0.3) is 5.91 Å². The molecule has 3 N–H and O–H groups in total. The third-order valence-corrected chi connectivity index (χ3v) is 7.71. The number of para-hydroxylation sites is 2. The molecule has 0 bridgehead atoms. The van der Waals surface area contributed by atoms with Crippen molar-refractivity contribution in [2.24, 2.45) is 4.99 Å². The van der Waals surface area contributed by atoms with Gasteiger partial charge in [-0.2, -0.15) is 0 Å². The molecule has 1 saturated heterocycles. The minimum absolute atomic E-state index is 0.252. The molecule has 0 aromatic heterocycles. The Balaban J connectivity index is 1.45. The quantitative estimate of drug-likeness (QED) is 0.309. The predicted octanol–water partition coefficient (Wildman–Crippen LogP) is 6.75. The molecule has 2 aliphatic heterocycles. The first-order valence-corrected chi connectivity index (χ1v) is 13.9. The third kappa shape index (κ3) is 6.05. The summed E-state index contributed by atoms with van der Waals surface area (Å²) in [5.74, 6) is 1.30. The van der Waals surface area contributed by atoms with Crippen LogP contribution < -0.4 is 20.7 Å². The van der Waals surface area contributed by atoms with Crippen molar-refractivity contribution in [1.82, 2.24) is 4.90 Å². The van der Waals surface area contributed by atoms with Crippen LogP contribution >= 0.6 is 23.4 Å². The number of amides is 3. The van der Waals surface area contributed by atoms with Crippen LogP contribution in [0.4, 0.5) is 21.9 Å². The minimum Gasteiger partial charge on any atom is -0.495 e. The number of hydrogen-bond donors (Lipinski definition) is 3. The normalized spacial score (nSPS) is 16.6. The molecule has 39 heavy (non-hydrogen) atoms. The standard InChI is InChI=1S/C29H28ClN5O3S/c1-18-25(27(36)34-23-12-3-4-13-24(23)38-2)26(35-14-7-15-39-29(35)31-18)19-8-5-10-21(16-19)32-28(37)33-22-11-6-9-20(30)17-22/h3-6,8-13,16-17,26H,7,14-15H2,1-2H3,(H,34,36)(H2,32,33,37). The predicted molar refractivity (Wildman–Crippen MR) is 159 cm³/mol. The van der Waals surface area contributed by atoms with E-state index >= 15 is 0 Å². The zero-order valence-corrected chi connectivity index (χ0v) is 23.1. The molecule has 2 heterocycles. The SMILES string of the molecule is COc1ccccc1NC(=O)C1=C(C)N=C2SCCCN2C1c1cccc(NC(=O)Nc2cccc(Cl)c2)c1. The van der Waals surface area contributed by atoms with E-state index in [1.165, 1.54) is 0 Å². The molecular formula is C29H28ClN5O3S. The third-order valence-electron chi connectivity index (χ3n) is 6.40. The molecule has 200 valence electrons. The molecule has 1 atom stereocenters. The molecule has 2 aliphatic rings. The highest BCUT2D eigenvalue weighted by atomic mass is 35.5. The maximum Gasteiger partial charge on any atom is 0.323 e.